The van der Waals surface area contributed by atoms with Gasteiger partial charge in [0.15, 0.2) is 0 Å². The highest BCUT2D eigenvalue weighted by atomic mass is 35.5. The highest BCUT2D eigenvalue weighted by Gasteiger charge is 2.02. The minimum atomic E-state index is -0.167. The van der Waals surface area contributed by atoms with Crippen LogP contribution in [0.15, 0.2) is 54.6 Å². The number of hydrogen-bond donors (Lipinski definition) is 1. The molecule has 0 fully saturated rings. The number of amides is 1. The summed E-state index contributed by atoms with van der Waals surface area (Å²) in [4.78, 5) is 16.3. The Labute approximate surface area is 137 Å². The number of para-hydroxylation sites is 1. The van der Waals surface area contributed by atoms with Crippen LogP contribution in [0.2, 0.25) is 5.02 Å². The van der Waals surface area contributed by atoms with E-state index in [9.17, 15) is 4.79 Å². The molecule has 0 aliphatic rings. The smallest absolute Gasteiger partial charge is 0.244 e. The maximum Gasteiger partial charge on any atom is 0.244 e. The molecule has 0 aliphatic carbocycles. The molecule has 3 aromatic rings. The first-order valence-electron chi connectivity index (χ1n) is 6.77. The molecule has 0 spiro atoms. The van der Waals surface area contributed by atoms with Crippen LogP contribution < -0.4 is 5.32 Å². The Balaban J connectivity index is 1.62. The molecule has 1 N–H and O–H groups in total. The number of nitrogens with one attached hydrogen (secondary N) is 1. The third-order valence-corrected chi connectivity index (χ3v) is 4.47. The van der Waals surface area contributed by atoms with E-state index >= 15 is 0 Å². The third-order valence-electron chi connectivity index (χ3n) is 3.10. The van der Waals surface area contributed by atoms with Crippen LogP contribution >= 0.6 is 22.9 Å². The molecule has 0 saturated heterocycles. The van der Waals surface area contributed by atoms with E-state index in [1.54, 1.807) is 23.5 Å². The Morgan fingerprint density at radius 2 is 1.95 bits per heavy atom. The van der Waals surface area contributed by atoms with Crippen molar-refractivity contribution < 1.29 is 4.79 Å². The SMILES string of the molecule is O=C(C=Cc1nc2ccccc2s1)NCc1ccccc1Cl. The van der Waals surface area contributed by atoms with Gasteiger partial charge in [0.25, 0.3) is 0 Å². The summed E-state index contributed by atoms with van der Waals surface area (Å²) in [6.07, 6.45) is 3.22. The van der Waals surface area contributed by atoms with Gasteiger partial charge in [-0.05, 0) is 29.8 Å². The van der Waals surface area contributed by atoms with Gasteiger partial charge in [-0.25, -0.2) is 4.98 Å². The normalized spacial score (nSPS) is 11.1. The number of hydrogen-bond acceptors (Lipinski definition) is 3. The molecule has 22 heavy (non-hydrogen) atoms. The van der Waals surface area contributed by atoms with Crippen LogP contribution in [0, 0.1) is 0 Å². The lowest BCUT2D eigenvalue weighted by Crippen LogP contribution is -2.20. The van der Waals surface area contributed by atoms with E-state index in [-0.39, 0.29) is 5.91 Å². The van der Waals surface area contributed by atoms with Crippen LogP contribution in [-0.2, 0) is 11.3 Å². The Kier molecular flexibility index (Phi) is 4.51. The number of carbonyl (C=O) groups is 1. The van der Waals surface area contributed by atoms with Gasteiger partial charge in [0.2, 0.25) is 5.91 Å². The lowest BCUT2D eigenvalue weighted by atomic mass is 10.2. The van der Waals surface area contributed by atoms with E-state index in [0.29, 0.717) is 11.6 Å². The van der Waals surface area contributed by atoms with Gasteiger partial charge in [0.05, 0.1) is 10.2 Å². The molecule has 1 aromatic heterocycles. The molecule has 5 heteroatoms. The summed E-state index contributed by atoms with van der Waals surface area (Å²) in [5.41, 5.74) is 1.84. The van der Waals surface area contributed by atoms with E-state index in [1.165, 1.54) is 6.08 Å². The maximum atomic E-state index is 11.9. The summed E-state index contributed by atoms with van der Waals surface area (Å²) in [6.45, 7) is 0.405. The first-order valence-corrected chi connectivity index (χ1v) is 7.97. The lowest BCUT2D eigenvalue weighted by Gasteiger charge is -2.04. The fourth-order valence-corrected chi connectivity index (χ4v) is 3.06. The number of aromatic nitrogens is 1. The standard InChI is InChI=1S/C17H13ClN2OS/c18-13-6-2-1-5-12(13)11-19-16(21)9-10-17-20-14-7-3-4-8-15(14)22-17/h1-10H,11H2,(H,19,21). The number of benzene rings is 2. The van der Waals surface area contributed by atoms with Gasteiger partial charge in [-0.15, -0.1) is 11.3 Å². The second kappa shape index (κ2) is 6.73. The average molecular weight is 329 g/mol. The van der Waals surface area contributed by atoms with Crippen molar-refractivity contribution in [3.05, 3.63) is 70.2 Å². The molecule has 0 saturated carbocycles. The van der Waals surface area contributed by atoms with Crippen LogP contribution in [0.25, 0.3) is 16.3 Å². The van der Waals surface area contributed by atoms with Crippen LogP contribution in [0.1, 0.15) is 10.6 Å². The van der Waals surface area contributed by atoms with Crippen LogP contribution in [-0.4, -0.2) is 10.9 Å². The summed E-state index contributed by atoms with van der Waals surface area (Å²) < 4.78 is 1.11. The van der Waals surface area contributed by atoms with Gasteiger partial charge in [0.1, 0.15) is 5.01 Å². The predicted octanol–water partition coefficient (Wildman–Crippen LogP) is 4.28. The molecule has 1 heterocycles. The Morgan fingerprint density at radius 3 is 2.77 bits per heavy atom. The minimum absolute atomic E-state index is 0.167. The zero-order chi connectivity index (χ0) is 15.4. The topological polar surface area (TPSA) is 42.0 Å². The average Bonchev–Trinajstić information content (AvgIpc) is 2.95. The van der Waals surface area contributed by atoms with E-state index in [4.69, 9.17) is 11.6 Å². The molecule has 3 rings (SSSR count). The second-order valence-corrected chi connectivity index (χ2v) is 6.13. The van der Waals surface area contributed by atoms with Gasteiger partial charge >= 0.3 is 0 Å². The number of rotatable bonds is 4. The molecule has 1 amide bonds. The third kappa shape index (κ3) is 3.53. The zero-order valence-electron chi connectivity index (χ0n) is 11.6. The Hall–Kier alpha value is -2.17. The van der Waals surface area contributed by atoms with Crippen molar-refractivity contribution in [1.82, 2.24) is 10.3 Å². The van der Waals surface area contributed by atoms with E-state index in [2.05, 4.69) is 10.3 Å². The van der Waals surface area contributed by atoms with Crippen LogP contribution in [0.5, 0.6) is 0 Å². The molecular formula is C17H13ClN2OS. The second-order valence-electron chi connectivity index (χ2n) is 4.66. The van der Waals surface area contributed by atoms with Crippen LogP contribution in [0.3, 0.4) is 0 Å². The molecule has 3 nitrogen and oxygen atoms in total. The number of halogens is 1. The number of nitrogens with zero attached hydrogens (tertiary/aromatic N) is 1. The van der Waals surface area contributed by atoms with Gasteiger partial charge in [-0.1, -0.05) is 41.9 Å². The monoisotopic (exact) mass is 328 g/mol. The molecule has 0 aliphatic heterocycles. The molecule has 2 aromatic carbocycles. The quantitative estimate of drug-likeness (QED) is 0.726. The van der Waals surface area contributed by atoms with Crippen molar-refractivity contribution in [2.24, 2.45) is 0 Å². The van der Waals surface area contributed by atoms with Gasteiger partial charge < -0.3 is 5.32 Å². The van der Waals surface area contributed by atoms with Crippen molar-refractivity contribution in [2.75, 3.05) is 0 Å². The number of carbonyl (C=O) groups excluding carboxylic acids is 1. The lowest BCUT2D eigenvalue weighted by molar-refractivity contribution is -0.116. The summed E-state index contributed by atoms with van der Waals surface area (Å²) in [5.74, 6) is -0.167. The van der Waals surface area contributed by atoms with Crippen molar-refractivity contribution in [3.63, 3.8) is 0 Å². The fraction of sp³-hybridized carbons (Fsp3) is 0.0588. The van der Waals surface area contributed by atoms with Crippen molar-refractivity contribution >= 4 is 45.1 Å². The maximum absolute atomic E-state index is 11.9. The van der Waals surface area contributed by atoms with Gasteiger partial charge in [-0.2, -0.15) is 0 Å². The van der Waals surface area contributed by atoms with E-state index in [1.807, 2.05) is 42.5 Å². The van der Waals surface area contributed by atoms with Gasteiger partial charge in [0, 0.05) is 17.6 Å². The first kappa shape index (κ1) is 14.8. The largest absolute Gasteiger partial charge is 0.348 e. The first-order chi connectivity index (χ1) is 10.7. The predicted molar refractivity (Wildman–Crippen MR) is 92.0 cm³/mol. The molecule has 0 bridgehead atoms. The molecular weight excluding hydrogens is 316 g/mol. The minimum Gasteiger partial charge on any atom is -0.348 e. The summed E-state index contributed by atoms with van der Waals surface area (Å²) in [6, 6.07) is 15.4. The Bertz CT molecular complexity index is 808. The van der Waals surface area contributed by atoms with E-state index < -0.39 is 0 Å². The van der Waals surface area contributed by atoms with Crippen molar-refractivity contribution in [1.29, 1.82) is 0 Å². The summed E-state index contributed by atoms with van der Waals surface area (Å²) >= 11 is 7.61. The fourth-order valence-electron chi connectivity index (χ4n) is 1.99. The zero-order valence-corrected chi connectivity index (χ0v) is 13.2. The van der Waals surface area contributed by atoms with E-state index in [0.717, 1.165) is 20.8 Å². The van der Waals surface area contributed by atoms with Gasteiger partial charge in [-0.3, -0.25) is 4.79 Å². The summed E-state index contributed by atoms with van der Waals surface area (Å²) in [5, 5.41) is 4.28. The highest BCUT2D eigenvalue weighted by Crippen LogP contribution is 2.22. The highest BCUT2D eigenvalue weighted by molar-refractivity contribution is 7.19. The van der Waals surface area contributed by atoms with Crippen molar-refractivity contribution in [3.8, 4) is 0 Å². The van der Waals surface area contributed by atoms with Crippen molar-refractivity contribution in [2.45, 2.75) is 6.54 Å². The number of thiazole rings is 1. The molecule has 0 radical (unpaired) electrons. The summed E-state index contributed by atoms with van der Waals surface area (Å²) in [7, 11) is 0. The van der Waals surface area contributed by atoms with Crippen LogP contribution in [0.4, 0.5) is 0 Å². The number of fused-ring (bicyclic) bond motifs is 1. The molecule has 0 unspecified atom stereocenters. The molecule has 0 atom stereocenters. The molecule has 110 valence electrons. The Morgan fingerprint density at radius 1 is 1.18 bits per heavy atom.